The molecule has 2 heterocycles. The van der Waals surface area contributed by atoms with Crippen molar-refractivity contribution >= 4 is 0 Å². The Bertz CT molecular complexity index is 218. The highest BCUT2D eigenvalue weighted by molar-refractivity contribution is 4.87. The summed E-state index contributed by atoms with van der Waals surface area (Å²) in [5.74, 6) is 0.873. The summed E-state index contributed by atoms with van der Waals surface area (Å²) in [7, 11) is 4.22. The van der Waals surface area contributed by atoms with E-state index >= 15 is 0 Å². The van der Waals surface area contributed by atoms with Gasteiger partial charge in [0.1, 0.15) is 0 Å². The van der Waals surface area contributed by atoms with Gasteiger partial charge in [0.15, 0.2) is 0 Å². The summed E-state index contributed by atoms with van der Waals surface area (Å²) in [6.07, 6.45) is 2.12. The van der Waals surface area contributed by atoms with E-state index in [1.165, 1.54) is 19.5 Å². The van der Waals surface area contributed by atoms with E-state index in [1.54, 1.807) is 0 Å². The van der Waals surface area contributed by atoms with Gasteiger partial charge in [0.05, 0.1) is 6.10 Å². The van der Waals surface area contributed by atoms with Gasteiger partial charge in [-0.25, -0.2) is 0 Å². The zero-order valence-corrected chi connectivity index (χ0v) is 10.5. The van der Waals surface area contributed by atoms with Crippen LogP contribution in [0, 0.1) is 5.92 Å². The van der Waals surface area contributed by atoms with Crippen LogP contribution in [0.25, 0.3) is 0 Å². The fourth-order valence-electron chi connectivity index (χ4n) is 2.74. The Hall–Kier alpha value is -0.160. The highest BCUT2D eigenvalue weighted by Crippen LogP contribution is 2.20. The molecular formula is C12H25N3O. The van der Waals surface area contributed by atoms with E-state index in [1.807, 2.05) is 0 Å². The standard InChI is InChI=1S/C12H25N3O/c1-14(2)8-11-5-12(16)9-15(11)4-3-10-6-13-7-10/h10-13,16H,3-9H2,1-2H3. The van der Waals surface area contributed by atoms with E-state index < -0.39 is 0 Å². The van der Waals surface area contributed by atoms with E-state index in [4.69, 9.17) is 0 Å². The first-order valence-electron chi connectivity index (χ1n) is 6.42. The summed E-state index contributed by atoms with van der Waals surface area (Å²) in [5.41, 5.74) is 0. The first-order chi connectivity index (χ1) is 7.65. The fourth-order valence-corrected chi connectivity index (χ4v) is 2.74. The van der Waals surface area contributed by atoms with Gasteiger partial charge in [-0.2, -0.15) is 0 Å². The van der Waals surface area contributed by atoms with Crippen LogP contribution in [-0.4, -0.2) is 73.9 Å². The lowest BCUT2D eigenvalue weighted by Crippen LogP contribution is -2.45. The maximum absolute atomic E-state index is 9.75. The summed E-state index contributed by atoms with van der Waals surface area (Å²) < 4.78 is 0. The number of nitrogens with one attached hydrogen (secondary N) is 1. The molecule has 0 aliphatic carbocycles. The lowest BCUT2D eigenvalue weighted by Gasteiger charge is -2.31. The number of aliphatic hydroxyl groups is 1. The number of nitrogens with zero attached hydrogens (tertiary/aromatic N) is 2. The van der Waals surface area contributed by atoms with Crippen molar-refractivity contribution < 1.29 is 5.11 Å². The maximum atomic E-state index is 9.75. The van der Waals surface area contributed by atoms with Gasteiger partial charge in [0.25, 0.3) is 0 Å². The Labute approximate surface area is 98.6 Å². The molecule has 2 rings (SSSR count). The largest absolute Gasteiger partial charge is 0.392 e. The van der Waals surface area contributed by atoms with Crippen molar-refractivity contribution in [3.8, 4) is 0 Å². The van der Waals surface area contributed by atoms with Gasteiger partial charge in [0.2, 0.25) is 0 Å². The third-order valence-electron chi connectivity index (χ3n) is 3.77. The number of likely N-dealkylation sites (tertiary alicyclic amines) is 1. The van der Waals surface area contributed by atoms with Crippen LogP contribution in [0.15, 0.2) is 0 Å². The Morgan fingerprint density at radius 2 is 2.12 bits per heavy atom. The number of hydrogen-bond donors (Lipinski definition) is 2. The van der Waals surface area contributed by atoms with Gasteiger partial charge in [-0.3, -0.25) is 4.90 Å². The van der Waals surface area contributed by atoms with Crippen molar-refractivity contribution in [1.29, 1.82) is 0 Å². The lowest BCUT2D eigenvalue weighted by molar-refractivity contribution is 0.162. The molecular weight excluding hydrogens is 202 g/mol. The second-order valence-corrected chi connectivity index (χ2v) is 5.61. The van der Waals surface area contributed by atoms with Crippen LogP contribution >= 0.6 is 0 Å². The van der Waals surface area contributed by atoms with Gasteiger partial charge in [-0.05, 0) is 52.5 Å². The molecule has 0 radical (unpaired) electrons. The van der Waals surface area contributed by atoms with Crippen molar-refractivity contribution in [3.05, 3.63) is 0 Å². The summed E-state index contributed by atoms with van der Waals surface area (Å²) in [6, 6.07) is 0.554. The minimum atomic E-state index is -0.107. The molecule has 0 spiro atoms. The molecule has 0 bridgehead atoms. The molecule has 2 saturated heterocycles. The molecule has 4 heteroatoms. The van der Waals surface area contributed by atoms with Crippen molar-refractivity contribution in [3.63, 3.8) is 0 Å². The second kappa shape index (κ2) is 5.45. The molecule has 0 aromatic rings. The number of rotatable bonds is 5. The molecule has 2 fully saturated rings. The summed E-state index contributed by atoms with van der Waals surface area (Å²) in [4.78, 5) is 4.70. The summed E-state index contributed by atoms with van der Waals surface area (Å²) in [5, 5.41) is 13.1. The molecule has 0 saturated carbocycles. The maximum Gasteiger partial charge on any atom is 0.0682 e. The SMILES string of the molecule is CN(C)CC1CC(O)CN1CCC1CNC1. The van der Waals surface area contributed by atoms with Gasteiger partial charge < -0.3 is 15.3 Å². The molecule has 4 nitrogen and oxygen atoms in total. The van der Waals surface area contributed by atoms with Crippen molar-refractivity contribution in [2.24, 2.45) is 5.92 Å². The topological polar surface area (TPSA) is 38.7 Å². The van der Waals surface area contributed by atoms with Crippen LogP contribution < -0.4 is 5.32 Å². The first kappa shape index (κ1) is 12.3. The zero-order chi connectivity index (χ0) is 11.5. The third-order valence-corrected chi connectivity index (χ3v) is 3.77. The van der Waals surface area contributed by atoms with Crippen LogP contribution in [-0.2, 0) is 0 Å². The minimum Gasteiger partial charge on any atom is -0.392 e. The van der Waals surface area contributed by atoms with E-state index in [2.05, 4.69) is 29.2 Å². The van der Waals surface area contributed by atoms with Crippen LogP contribution in [0.5, 0.6) is 0 Å². The molecule has 2 aliphatic heterocycles. The predicted octanol–water partition coefficient (Wildman–Crippen LogP) is -0.407. The van der Waals surface area contributed by atoms with Crippen LogP contribution in [0.1, 0.15) is 12.8 Å². The molecule has 94 valence electrons. The second-order valence-electron chi connectivity index (χ2n) is 5.61. The average Bonchev–Trinajstić information content (AvgIpc) is 2.42. The number of likely N-dealkylation sites (N-methyl/N-ethyl adjacent to an activating group) is 1. The van der Waals surface area contributed by atoms with Crippen LogP contribution in [0.2, 0.25) is 0 Å². The van der Waals surface area contributed by atoms with Crippen LogP contribution in [0.3, 0.4) is 0 Å². The normalized spacial score (nSPS) is 32.2. The third kappa shape index (κ3) is 3.17. The van der Waals surface area contributed by atoms with Crippen molar-refractivity contribution in [2.75, 3.05) is 46.8 Å². The van der Waals surface area contributed by atoms with Gasteiger partial charge >= 0.3 is 0 Å². The van der Waals surface area contributed by atoms with Gasteiger partial charge in [-0.15, -0.1) is 0 Å². The molecule has 16 heavy (non-hydrogen) atoms. The number of β-amino-alcohol motifs (C(OH)–C–C–N with tert-alkyl or cyclic N) is 1. The van der Waals surface area contributed by atoms with Crippen LogP contribution in [0.4, 0.5) is 0 Å². The monoisotopic (exact) mass is 227 g/mol. The quantitative estimate of drug-likeness (QED) is 0.670. The Balaban J connectivity index is 1.75. The molecule has 0 aromatic heterocycles. The average molecular weight is 227 g/mol. The van der Waals surface area contributed by atoms with Gasteiger partial charge in [-0.1, -0.05) is 0 Å². The van der Waals surface area contributed by atoms with E-state index in [0.29, 0.717) is 6.04 Å². The Kier molecular flexibility index (Phi) is 4.19. The molecule has 2 N–H and O–H groups in total. The molecule has 0 aromatic carbocycles. The summed E-state index contributed by atoms with van der Waals surface area (Å²) in [6.45, 7) is 5.48. The molecule has 2 unspecified atom stereocenters. The van der Waals surface area contributed by atoms with E-state index in [9.17, 15) is 5.11 Å². The fraction of sp³-hybridized carbons (Fsp3) is 1.00. The predicted molar refractivity (Wildman–Crippen MR) is 65.5 cm³/mol. The molecule has 2 aliphatic rings. The first-order valence-corrected chi connectivity index (χ1v) is 6.42. The summed E-state index contributed by atoms with van der Waals surface area (Å²) >= 11 is 0. The molecule has 2 atom stereocenters. The van der Waals surface area contributed by atoms with E-state index in [0.717, 1.165) is 32.0 Å². The molecule has 0 amide bonds. The minimum absolute atomic E-state index is 0.107. The lowest BCUT2D eigenvalue weighted by atomic mass is 9.99. The van der Waals surface area contributed by atoms with Crippen molar-refractivity contribution in [2.45, 2.75) is 25.0 Å². The smallest absolute Gasteiger partial charge is 0.0682 e. The van der Waals surface area contributed by atoms with Crippen molar-refractivity contribution in [1.82, 2.24) is 15.1 Å². The Morgan fingerprint density at radius 3 is 2.69 bits per heavy atom. The highest BCUT2D eigenvalue weighted by Gasteiger charge is 2.31. The Morgan fingerprint density at radius 1 is 1.38 bits per heavy atom. The highest BCUT2D eigenvalue weighted by atomic mass is 16.3. The van der Waals surface area contributed by atoms with Gasteiger partial charge in [0, 0.05) is 19.1 Å². The number of hydrogen-bond acceptors (Lipinski definition) is 4. The zero-order valence-electron chi connectivity index (χ0n) is 10.5. The number of aliphatic hydroxyl groups excluding tert-OH is 1. The van der Waals surface area contributed by atoms with E-state index in [-0.39, 0.29) is 6.10 Å².